The molecule has 1 aliphatic carbocycles. The van der Waals surface area contributed by atoms with Crippen LogP contribution >= 0.6 is 0 Å². The molecule has 7 heteroatoms. The molecule has 7 nitrogen and oxygen atoms in total. The third kappa shape index (κ3) is 2.39. The van der Waals surface area contributed by atoms with Gasteiger partial charge in [-0.15, -0.1) is 0 Å². The van der Waals surface area contributed by atoms with Crippen molar-refractivity contribution >= 4 is 23.7 Å². The van der Waals surface area contributed by atoms with Gasteiger partial charge in [-0.05, 0) is 33.1 Å². The molecule has 1 aliphatic heterocycles. The van der Waals surface area contributed by atoms with Gasteiger partial charge in [0.1, 0.15) is 12.1 Å². The Morgan fingerprint density at radius 1 is 1.25 bits per heavy atom. The van der Waals surface area contributed by atoms with Gasteiger partial charge in [0, 0.05) is 5.92 Å². The number of carbonyl (C=O) groups is 4. The summed E-state index contributed by atoms with van der Waals surface area (Å²) in [4.78, 5) is 47.9. The van der Waals surface area contributed by atoms with Gasteiger partial charge in [-0.1, -0.05) is 0 Å². The smallest absolute Gasteiger partial charge is 0.306 e. The number of carbonyl (C=O) groups excluding carboxylic acids is 3. The Hall–Kier alpha value is -1.92. The number of rotatable bonds is 2. The highest BCUT2D eigenvalue weighted by molar-refractivity contribution is 6.06. The predicted octanol–water partition coefficient (Wildman–Crippen LogP) is -0.249. The summed E-state index contributed by atoms with van der Waals surface area (Å²) in [5.74, 6) is -3.14. The van der Waals surface area contributed by atoms with Crippen LogP contribution in [0.5, 0.6) is 0 Å². The first kappa shape index (κ1) is 14.5. The van der Waals surface area contributed by atoms with Crippen molar-refractivity contribution in [1.29, 1.82) is 0 Å². The van der Waals surface area contributed by atoms with E-state index in [1.54, 1.807) is 13.8 Å². The van der Waals surface area contributed by atoms with Gasteiger partial charge in [0.15, 0.2) is 0 Å². The number of imide groups is 1. The van der Waals surface area contributed by atoms with Crippen molar-refractivity contribution in [3.05, 3.63) is 0 Å². The highest BCUT2D eigenvalue weighted by Crippen LogP contribution is 2.34. The molecule has 0 unspecified atom stereocenters. The summed E-state index contributed by atoms with van der Waals surface area (Å²) >= 11 is 0. The van der Waals surface area contributed by atoms with E-state index in [0.717, 1.165) is 0 Å². The Balaban J connectivity index is 2.14. The highest BCUT2D eigenvalue weighted by atomic mass is 16.4. The van der Waals surface area contributed by atoms with Crippen LogP contribution in [-0.2, 0) is 19.2 Å². The van der Waals surface area contributed by atoms with E-state index in [-0.39, 0.29) is 18.9 Å². The van der Waals surface area contributed by atoms with E-state index in [9.17, 15) is 19.2 Å². The first-order chi connectivity index (χ1) is 9.23. The van der Waals surface area contributed by atoms with E-state index >= 15 is 0 Å². The standard InChI is InChI=1S/C13H18N2O5/c1-13(2)12(20)14-9(16)6-15(13)10(17)7-3-4-8(5-7)11(18)19/h7-8H,3-6H2,1-2H3,(H,18,19)(H,14,16,20)/t7-,8+/m1/s1. The highest BCUT2D eigenvalue weighted by Gasteiger charge is 2.46. The molecule has 2 N–H and O–H groups in total. The molecule has 2 fully saturated rings. The summed E-state index contributed by atoms with van der Waals surface area (Å²) in [7, 11) is 0. The lowest BCUT2D eigenvalue weighted by atomic mass is 9.95. The second kappa shape index (κ2) is 4.88. The molecule has 0 bridgehead atoms. The largest absolute Gasteiger partial charge is 0.481 e. The lowest BCUT2D eigenvalue weighted by Crippen LogP contribution is -2.66. The number of aliphatic carboxylic acids is 1. The molecule has 1 heterocycles. The van der Waals surface area contributed by atoms with Crippen molar-refractivity contribution in [1.82, 2.24) is 10.2 Å². The third-order valence-corrected chi connectivity index (χ3v) is 4.18. The third-order valence-electron chi connectivity index (χ3n) is 4.18. The molecule has 1 saturated carbocycles. The van der Waals surface area contributed by atoms with Crippen molar-refractivity contribution in [2.24, 2.45) is 11.8 Å². The van der Waals surface area contributed by atoms with Gasteiger partial charge in [-0.2, -0.15) is 0 Å². The molecule has 2 aliphatic rings. The zero-order chi connectivity index (χ0) is 15.1. The maximum Gasteiger partial charge on any atom is 0.306 e. The maximum atomic E-state index is 12.5. The zero-order valence-electron chi connectivity index (χ0n) is 11.5. The van der Waals surface area contributed by atoms with Crippen LogP contribution in [0.15, 0.2) is 0 Å². The second-order valence-corrected chi connectivity index (χ2v) is 5.91. The van der Waals surface area contributed by atoms with Crippen LogP contribution in [0.3, 0.4) is 0 Å². The number of carboxylic acid groups (broad SMARTS) is 1. The van der Waals surface area contributed by atoms with Crippen LogP contribution in [0.25, 0.3) is 0 Å². The molecular weight excluding hydrogens is 264 g/mol. The van der Waals surface area contributed by atoms with Gasteiger partial charge in [0.25, 0.3) is 5.91 Å². The fourth-order valence-corrected chi connectivity index (χ4v) is 2.79. The summed E-state index contributed by atoms with van der Waals surface area (Å²) in [5, 5.41) is 11.2. The molecule has 0 spiro atoms. The number of hydrogen-bond acceptors (Lipinski definition) is 4. The SMILES string of the molecule is CC1(C)C(=O)NC(=O)CN1C(=O)[C@@H]1CC[C@H](C(=O)O)C1. The summed E-state index contributed by atoms with van der Waals surface area (Å²) in [6.45, 7) is 3.00. The Morgan fingerprint density at radius 3 is 2.40 bits per heavy atom. The van der Waals surface area contributed by atoms with Crippen LogP contribution < -0.4 is 5.32 Å². The topological polar surface area (TPSA) is 104 Å². The number of nitrogens with one attached hydrogen (secondary N) is 1. The van der Waals surface area contributed by atoms with Gasteiger partial charge in [0.05, 0.1) is 5.92 Å². The molecular formula is C13H18N2O5. The molecule has 110 valence electrons. The second-order valence-electron chi connectivity index (χ2n) is 5.91. The van der Waals surface area contributed by atoms with Crippen LogP contribution in [0.1, 0.15) is 33.1 Å². The number of amides is 3. The summed E-state index contributed by atoms with van der Waals surface area (Å²) in [6.07, 6.45) is 1.22. The van der Waals surface area contributed by atoms with Gasteiger partial charge in [0.2, 0.25) is 11.8 Å². The minimum absolute atomic E-state index is 0.161. The van der Waals surface area contributed by atoms with E-state index in [1.165, 1.54) is 4.90 Å². The fourth-order valence-electron chi connectivity index (χ4n) is 2.79. The van der Waals surface area contributed by atoms with Crippen LogP contribution in [0.4, 0.5) is 0 Å². The number of nitrogens with zero attached hydrogens (tertiary/aromatic N) is 1. The molecule has 3 amide bonds. The summed E-state index contributed by atoms with van der Waals surface area (Å²) < 4.78 is 0. The van der Waals surface area contributed by atoms with Crippen molar-refractivity contribution in [3.63, 3.8) is 0 Å². The first-order valence-corrected chi connectivity index (χ1v) is 6.62. The van der Waals surface area contributed by atoms with E-state index in [2.05, 4.69) is 5.32 Å². The number of piperazine rings is 1. The molecule has 2 rings (SSSR count). The summed E-state index contributed by atoms with van der Waals surface area (Å²) in [5.41, 5.74) is -1.09. The van der Waals surface area contributed by atoms with Crippen LogP contribution in [-0.4, -0.2) is 45.8 Å². The van der Waals surface area contributed by atoms with Gasteiger partial charge < -0.3 is 10.0 Å². The Bertz CT molecular complexity index is 485. The molecule has 20 heavy (non-hydrogen) atoms. The molecule has 0 radical (unpaired) electrons. The van der Waals surface area contributed by atoms with Crippen molar-refractivity contribution in [3.8, 4) is 0 Å². The van der Waals surface area contributed by atoms with Gasteiger partial charge >= 0.3 is 5.97 Å². The minimum Gasteiger partial charge on any atom is -0.481 e. The average Bonchev–Trinajstić information content (AvgIpc) is 2.83. The van der Waals surface area contributed by atoms with Crippen molar-refractivity contribution < 1.29 is 24.3 Å². The zero-order valence-corrected chi connectivity index (χ0v) is 11.5. The first-order valence-electron chi connectivity index (χ1n) is 6.62. The van der Waals surface area contributed by atoms with Gasteiger partial charge in [-0.25, -0.2) is 0 Å². The molecule has 0 aromatic heterocycles. The molecule has 1 saturated heterocycles. The number of hydrogen-bond donors (Lipinski definition) is 2. The maximum absolute atomic E-state index is 12.5. The number of carboxylic acids is 1. The Labute approximate surface area is 116 Å². The van der Waals surface area contributed by atoms with Crippen LogP contribution in [0.2, 0.25) is 0 Å². The van der Waals surface area contributed by atoms with E-state index in [1.807, 2.05) is 0 Å². The normalized spacial score (nSPS) is 29.2. The van der Waals surface area contributed by atoms with E-state index < -0.39 is 35.2 Å². The predicted molar refractivity (Wildman–Crippen MR) is 67.4 cm³/mol. The minimum atomic E-state index is -1.09. The molecule has 2 atom stereocenters. The Morgan fingerprint density at radius 2 is 1.85 bits per heavy atom. The van der Waals surface area contributed by atoms with Crippen LogP contribution in [0, 0.1) is 11.8 Å². The molecule has 0 aromatic rings. The van der Waals surface area contributed by atoms with E-state index in [4.69, 9.17) is 5.11 Å². The van der Waals surface area contributed by atoms with Crippen molar-refractivity contribution in [2.75, 3.05) is 6.54 Å². The monoisotopic (exact) mass is 282 g/mol. The fraction of sp³-hybridized carbons (Fsp3) is 0.692. The average molecular weight is 282 g/mol. The van der Waals surface area contributed by atoms with Gasteiger partial charge in [-0.3, -0.25) is 24.5 Å². The lowest BCUT2D eigenvalue weighted by Gasteiger charge is -2.41. The molecule has 0 aromatic carbocycles. The quantitative estimate of drug-likeness (QED) is 0.680. The Kier molecular flexibility index (Phi) is 3.54. The van der Waals surface area contributed by atoms with Crippen molar-refractivity contribution in [2.45, 2.75) is 38.6 Å². The summed E-state index contributed by atoms with van der Waals surface area (Å²) in [6, 6.07) is 0. The van der Waals surface area contributed by atoms with E-state index in [0.29, 0.717) is 12.8 Å². The lowest BCUT2D eigenvalue weighted by molar-refractivity contribution is -0.157.